The number of carboxylic acids is 1. The Kier molecular flexibility index (Phi) is 18.9. The lowest BCUT2D eigenvalue weighted by Gasteiger charge is -2.39. The number of carbonyl (C=O) groups is 4. The summed E-state index contributed by atoms with van der Waals surface area (Å²) in [5.41, 5.74) is 6.91. The van der Waals surface area contributed by atoms with Gasteiger partial charge in [0.25, 0.3) is 0 Å². The molecule has 10 nitrogen and oxygen atoms in total. The Bertz CT molecular complexity index is 1150. The lowest BCUT2D eigenvalue weighted by molar-refractivity contribution is -0.140. The number of unbranched alkanes of at least 4 members (excludes halogenated alkanes) is 2. The van der Waals surface area contributed by atoms with Gasteiger partial charge in [-0.2, -0.15) is 0 Å². The van der Waals surface area contributed by atoms with Gasteiger partial charge in [-0.3, -0.25) is 19.2 Å². The molecule has 0 aromatic heterocycles. The Balaban J connectivity index is 2.51. The maximum atomic E-state index is 13.3. The van der Waals surface area contributed by atoms with Crippen molar-refractivity contribution in [1.29, 1.82) is 0 Å². The average Bonchev–Trinajstić information content (AvgIpc) is 3.00. The summed E-state index contributed by atoms with van der Waals surface area (Å²) in [4.78, 5) is 52.8. The summed E-state index contributed by atoms with van der Waals surface area (Å²) in [5.74, 6) is -1.04. The molecule has 0 bridgehead atoms. The van der Waals surface area contributed by atoms with E-state index < -0.39 is 17.6 Å². The Labute approximate surface area is 282 Å². The molecule has 47 heavy (non-hydrogen) atoms. The molecule has 1 aromatic rings. The van der Waals surface area contributed by atoms with Gasteiger partial charge in [0.2, 0.25) is 17.7 Å². The van der Waals surface area contributed by atoms with Gasteiger partial charge in [0.05, 0.1) is 18.8 Å². The quantitative estimate of drug-likeness (QED) is 0.0989. The molecule has 0 aliphatic heterocycles. The van der Waals surface area contributed by atoms with E-state index in [1.165, 1.54) is 5.56 Å². The predicted molar refractivity (Wildman–Crippen MR) is 188 cm³/mol. The van der Waals surface area contributed by atoms with Crippen molar-refractivity contribution in [2.24, 2.45) is 11.1 Å². The van der Waals surface area contributed by atoms with Crippen molar-refractivity contribution in [1.82, 2.24) is 15.1 Å². The molecule has 10 heteroatoms. The van der Waals surface area contributed by atoms with Crippen molar-refractivity contribution in [3.05, 3.63) is 60.7 Å². The second-order valence-corrected chi connectivity index (χ2v) is 13.8. The fourth-order valence-corrected chi connectivity index (χ4v) is 5.23. The van der Waals surface area contributed by atoms with E-state index in [1.54, 1.807) is 17.1 Å². The first-order chi connectivity index (χ1) is 22.1. The normalized spacial score (nSPS) is 12.2. The van der Waals surface area contributed by atoms with E-state index >= 15 is 0 Å². The number of nitrogens with two attached hydrogens (primary N) is 1. The van der Waals surface area contributed by atoms with E-state index in [-0.39, 0.29) is 23.1 Å². The first-order valence-corrected chi connectivity index (χ1v) is 16.8. The van der Waals surface area contributed by atoms with Crippen molar-refractivity contribution in [2.75, 3.05) is 39.4 Å². The smallest absolute Gasteiger partial charge is 0.320 e. The number of aryl methyl sites for hydroxylation is 2. The maximum Gasteiger partial charge on any atom is 0.320 e. The zero-order valence-electron chi connectivity index (χ0n) is 29.5. The van der Waals surface area contributed by atoms with Crippen LogP contribution in [0.2, 0.25) is 0 Å². The second kappa shape index (κ2) is 21.4. The van der Waals surface area contributed by atoms with E-state index in [9.17, 15) is 19.2 Å². The number of ether oxygens (including phenoxy) is 1. The highest BCUT2D eigenvalue weighted by atomic mass is 16.5. The SMILES string of the molecule is C=CCN(CC(C)(C)COCC(C)(C)N(CC=C)C(=O)CCc1ccc(C)cc1)C(=O)CCCCC(=O)NCCCC[C@H](N)C(=O)O. The lowest BCUT2D eigenvalue weighted by atomic mass is 9.93. The molecule has 3 amide bonds. The van der Waals surface area contributed by atoms with Crippen LogP contribution in [0.4, 0.5) is 0 Å². The van der Waals surface area contributed by atoms with E-state index in [0.29, 0.717) is 97.2 Å². The highest BCUT2D eigenvalue weighted by Crippen LogP contribution is 2.23. The Hall–Kier alpha value is -3.50. The molecule has 0 spiro atoms. The molecule has 0 unspecified atom stereocenters. The van der Waals surface area contributed by atoms with Crippen molar-refractivity contribution in [2.45, 2.75) is 104 Å². The van der Waals surface area contributed by atoms with Crippen LogP contribution < -0.4 is 11.1 Å². The number of hydrogen-bond acceptors (Lipinski definition) is 6. The van der Waals surface area contributed by atoms with Crippen LogP contribution in [-0.2, 0) is 30.3 Å². The van der Waals surface area contributed by atoms with Crippen molar-refractivity contribution in [3.8, 4) is 0 Å². The number of aliphatic carboxylic acids is 1. The third kappa shape index (κ3) is 17.3. The van der Waals surface area contributed by atoms with Crippen LogP contribution in [0, 0.1) is 12.3 Å². The van der Waals surface area contributed by atoms with Crippen LogP contribution in [-0.4, -0.2) is 89.6 Å². The van der Waals surface area contributed by atoms with E-state index in [2.05, 4.69) is 56.6 Å². The highest BCUT2D eigenvalue weighted by molar-refractivity contribution is 5.78. The minimum atomic E-state index is -1.02. The highest BCUT2D eigenvalue weighted by Gasteiger charge is 2.32. The Morgan fingerprint density at radius 3 is 2.17 bits per heavy atom. The van der Waals surface area contributed by atoms with Gasteiger partial charge < -0.3 is 30.7 Å². The average molecular weight is 657 g/mol. The van der Waals surface area contributed by atoms with Crippen molar-refractivity contribution < 1.29 is 29.0 Å². The number of amides is 3. The first kappa shape index (κ1) is 41.5. The fraction of sp³-hybridized carbons (Fsp3) is 0.622. The van der Waals surface area contributed by atoms with E-state index in [0.717, 1.165) is 5.56 Å². The third-order valence-corrected chi connectivity index (χ3v) is 7.99. The molecule has 4 N–H and O–H groups in total. The van der Waals surface area contributed by atoms with Crippen LogP contribution in [0.25, 0.3) is 0 Å². The number of rotatable bonds is 25. The van der Waals surface area contributed by atoms with Crippen LogP contribution in [0.1, 0.15) is 90.2 Å². The summed E-state index contributed by atoms with van der Waals surface area (Å²) in [6, 6.07) is 7.37. The van der Waals surface area contributed by atoms with Gasteiger partial charge in [0.15, 0.2) is 0 Å². The minimum absolute atomic E-state index is 0.00446. The molecule has 0 heterocycles. The molecule has 0 aliphatic carbocycles. The van der Waals surface area contributed by atoms with Crippen LogP contribution in [0.3, 0.4) is 0 Å². The molecule has 0 fully saturated rings. The topological polar surface area (TPSA) is 142 Å². The first-order valence-electron chi connectivity index (χ1n) is 16.8. The molecular weight excluding hydrogens is 596 g/mol. The third-order valence-electron chi connectivity index (χ3n) is 7.99. The maximum absolute atomic E-state index is 13.3. The van der Waals surface area contributed by atoms with Gasteiger partial charge in [0.1, 0.15) is 6.04 Å². The van der Waals surface area contributed by atoms with Crippen molar-refractivity contribution >= 4 is 23.7 Å². The summed E-state index contributed by atoms with van der Waals surface area (Å²) in [6.07, 6.45) is 8.04. The lowest BCUT2D eigenvalue weighted by Crippen LogP contribution is -2.51. The summed E-state index contributed by atoms with van der Waals surface area (Å²) in [7, 11) is 0. The van der Waals surface area contributed by atoms with E-state index in [4.69, 9.17) is 15.6 Å². The Morgan fingerprint density at radius 2 is 1.55 bits per heavy atom. The number of nitrogens with one attached hydrogen (secondary N) is 1. The molecule has 264 valence electrons. The second-order valence-electron chi connectivity index (χ2n) is 13.8. The zero-order valence-corrected chi connectivity index (χ0v) is 29.5. The van der Waals surface area contributed by atoms with Gasteiger partial charge in [-0.1, -0.05) is 55.8 Å². The van der Waals surface area contributed by atoms with Crippen molar-refractivity contribution in [3.63, 3.8) is 0 Å². The number of nitrogens with zero attached hydrogens (tertiary/aromatic N) is 2. The van der Waals surface area contributed by atoms with Gasteiger partial charge >= 0.3 is 5.97 Å². The van der Waals surface area contributed by atoms with Crippen LogP contribution in [0.15, 0.2) is 49.6 Å². The molecule has 1 atom stereocenters. The van der Waals surface area contributed by atoms with Gasteiger partial charge in [0, 0.05) is 50.9 Å². The molecule has 1 rings (SSSR count). The standard InChI is InChI=1S/C37H60N4O6/c1-8-24-40(33(43)16-11-10-15-32(42)39-23-13-12-14-31(38)35(45)46)26-36(4,5)27-47-28-37(6,7)41(25-9-2)34(44)22-21-30-19-17-29(3)18-20-30/h8-9,17-20,31H,1-2,10-16,21-28,38H2,3-7H3,(H,39,42)(H,45,46)/t31-/m0/s1. The Morgan fingerprint density at radius 1 is 0.915 bits per heavy atom. The van der Waals surface area contributed by atoms with Gasteiger partial charge in [-0.25, -0.2) is 0 Å². The summed E-state index contributed by atoms with van der Waals surface area (Å²) >= 11 is 0. The minimum Gasteiger partial charge on any atom is -0.480 e. The molecule has 1 aromatic carbocycles. The molecule has 0 radical (unpaired) electrons. The number of hydrogen-bond donors (Lipinski definition) is 3. The predicted octanol–water partition coefficient (Wildman–Crippen LogP) is 5.04. The zero-order chi connectivity index (χ0) is 35.5. The number of benzene rings is 1. The van der Waals surface area contributed by atoms with Crippen LogP contribution >= 0.6 is 0 Å². The fourth-order valence-electron chi connectivity index (χ4n) is 5.23. The molecule has 0 aliphatic rings. The molecule has 0 saturated heterocycles. The van der Waals surface area contributed by atoms with E-state index in [1.807, 2.05) is 25.7 Å². The van der Waals surface area contributed by atoms with Gasteiger partial charge in [-0.15, -0.1) is 13.2 Å². The largest absolute Gasteiger partial charge is 0.480 e. The van der Waals surface area contributed by atoms with Gasteiger partial charge in [-0.05, 0) is 64.9 Å². The molecule has 0 saturated carbocycles. The molecular formula is C37H60N4O6. The monoisotopic (exact) mass is 656 g/mol. The number of carbonyl (C=O) groups excluding carboxylic acids is 3. The number of carboxylic acid groups (broad SMARTS) is 1. The van der Waals surface area contributed by atoms with Crippen LogP contribution in [0.5, 0.6) is 0 Å². The summed E-state index contributed by atoms with van der Waals surface area (Å²) in [6.45, 7) is 20.4. The summed E-state index contributed by atoms with van der Waals surface area (Å²) in [5, 5.41) is 11.6. The summed E-state index contributed by atoms with van der Waals surface area (Å²) < 4.78 is 6.20.